The van der Waals surface area contributed by atoms with Crippen LogP contribution in [-0.4, -0.2) is 62.2 Å². The van der Waals surface area contributed by atoms with Crippen molar-refractivity contribution in [3.8, 4) is 0 Å². The zero-order valence-corrected chi connectivity index (χ0v) is 7.87. The molecule has 0 N–H and O–H groups in total. The topological polar surface area (TPSA) is 20.6 Å². The lowest BCUT2D eigenvalue weighted by Crippen LogP contribution is -2.46. The number of rotatable bonds is 1. The molecule has 1 radical (unpaired) electrons. The molecule has 12 heavy (non-hydrogen) atoms. The van der Waals surface area contributed by atoms with E-state index in [-0.39, 0.29) is 0 Å². The Morgan fingerprint density at radius 3 is 2.50 bits per heavy atom. The fourth-order valence-electron chi connectivity index (χ4n) is 2.20. The van der Waals surface area contributed by atoms with Gasteiger partial charge < -0.3 is 4.90 Å². The van der Waals surface area contributed by atoms with E-state index in [0.717, 1.165) is 19.1 Å². The third kappa shape index (κ3) is 1.79. The molecule has 2 aliphatic rings. The highest BCUT2D eigenvalue weighted by Gasteiger charge is 2.26. The number of hydrogen-bond donors (Lipinski definition) is 0. The fourth-order valence-corrected chi connectivity index (χ4v) is 2.20. The molecule has 2 saturated heterocycles. The van der Waals surface area contributed by atoms with Crippen LogP contribution in [0.3, 0.4) is 0 Å². The van der Waals surface area contributed by atoms with Gasteiger partial charge in [-0.2, -0.15) is 0 Å². The van der Waals surface area contributed by atoms with Gasteiger partial charge in [0.05, 0.1) is 0 Å². The smallest absolute Gasteiger partial charge is 0.0261 e. The number of hydrogen-bond acceptors (Lipinski definition) is 2. The van der Waals surface area contributed by atoms with Crippen molar-refractivity contribution >= 4 is 0 Å². The lowest BCUT2D eigenvalue weighted by atomic mass is 10.2. The molecule has 1 atom stereocenters. The number of piperazine rings is 1. The fraction of sp³-hybridized carbons (Fsp3) is 1.00. The molecule has 0 aromatic carbocycles. The second-order valence-corrected chi connectivity index (χ2v) is 3.91. The monoisotopic (exact) mass is 168 g/mol. The lowest BCUT2D eigenvalue weighted by molar-refractivity contribution is 0.174. The first-order chi connectivity index (χ1) is 5.86. The zero-order chi connectivity index (χ0) is 8.39. The van der Waals surface area contributed by atoms with Gasteiger partial charge in [-0.3, -0.25) is 4.90 Å². The standard InChI is InChI=1S/C9H18N3/c1-11-5-2-9(8-11)12-6-3-10-4-7-12/h9H,2-8H2,1H3. The van der Waals surface area contributed by atoms with Crippen LogP contribution in [0.1, 0.15) is 6.42 Å². The van der Waals surface area contributed by atoms with Crippen molar-refractivity contribution in [3.05, 3.63) is 0 Å². The molecule has 2 aliphatic heterocycles. The highest BCUT2D eigenvalue weighted by molar-refractivity contribution is 4.83. The predicted octanol–water partition coefficient (Wildman–Crippen LogP) is -0.389. The third-order valence-electron chi connectivity index (χ3n) is 2.97. The summed E-state index contributed by atoms with van der Waals surface area (Å²) in [5.74, 6) is 0. The first kappa shape index (κ1) is 8.48. The molecule has 2 fully saturated rings. The van der Waals surface area contributed by atoms with Gasteiger partial charge >= 0.3 is 0 Å². The molecular weight excluding hydrogens is 150 g/mol. The molecule has 0 saturated carbocycles. The van der Waals surface area contributed by atoms with Gasteiger partial charge in [-0.1, -0.05) is 0 Å². The molecule has 2 heterocycles. The molecule has 2 rings (SSSR count). The van der Waals surface area contributed by atoms with Crippen molar-refractivity contribution in [3.63, 3.8) is 0 Å². The Labute approximate surface area is 74.7 Å². The van der Waals surface area contributed by atoms with E-state index in [9.17, 15) is 0 Å². The summed E-state index contributed by atoms with van der Waals surface area (Å²) in [5, 5.41) is 4.36. The van der Waals surface area contributed by atoms with E-state index in [1.54, 1.807) is 0 Å². The van der Waals surface area contributed by atoms with Crippen LogP contribution in [0.15, 0.2) is 0 Å². The summed E-state index contributed by atoms with van der Waals surface area (Å²) in [6.07, 6.45) is 1.36. The van der Waals surface area contributed by atoms with E-state index in [4.69, 9.17) is 0 Å². The largest absolute Gasteiger partial charge is 0.305 e. The summed E-state index contributed by atoms with van der Waals surface area (Å²) >= 11 is 0. The number of likely N-dealkylation sites (N-methyl/N-ethyl adjacent to an activating group) is 1. The van der Waals surface area contributed by atoms with Crippen LogP contribution in [0.2, 0.25) is 0 Å². The first-order valence-electron chi connectivity index (χ1n) is 4.92. The normalized spacial score (nSPS) is 34.2. The van der Waals surface area contributed by atoms with E-state index < -0.39 is 0 Å². The molecule has 0 aromatic rings. The Bertz CT molecular complexity index is 140. The SMILES string of the molecule is CN1CCC(N2CC[N]CC2)C1. The van der Waals surface area contributed by atoms with Gasteiger partial charge in [-0.25, -0.2) is 5.32 Å². The van der Waals surface area contributed by atoms with E-state index >= 15 is 0 Å². The maximum Gasteiger partial charge on any atom is 0.0261 e. The molecule has 0 aromatic heterocycles. The molecule has 0 bridgehead atoms. The average Bonchev–Trinajstić information content (AvgIpc) is 2.54. The highest BCUT2D eigenvalue weighted by atomic mass is 15.3. The van der Waals surface area contributed by atoms with E-state index in [2.05, 4.69) is 22.2 Å². The summed E-state index contributed by atoms with van der Waals surface area (Å²) in [6, 6.07) is 0.825. The molecule has 3 heteroatoms. The van der Waals surface area contributed by atoms with Crippen molar-refractivity contribution in [2.75, 3.05) is 46.3 Å². The molecule has 3 nitrogen and oxygen atoms in total. The predicted molar refractivity (Wildman–Crippen MR) is 49.3 cm³/mol. The molecule has 0 amide bonds. The summed E-state index contributed by atoms with van der Waals surface area (Å²) < 4.78 is 0. The third-order valence-corrected chi connectivity index (χ3v) is 2.97. The second-order valence-electron chi connectivity index (χ2n) is 3.91. The zero-order valence-electron chi connectivity index (χ0n) is 7.87. The Hall–Kier alpha value is -0.120. The second kappa shape index (κ2) is 3.73. The Kier molecular flexibility index (Phi) is 2.63. The average molecular weight is 168 g/mol. The van der Waals surface area contributed by atoms with Gasteiger partial charge in [-0.05, 0) is 20.0 Å². The van der Waals surface area contributed by atoms with Gasteiger partial charge in [0, 0.05) is 38.8 Å². The van der Waals surface area contributed by atoms with E-state index in [0.29, 0.717) is 0 Å². The minimum absolute atomic E-state index is 0.825. The Balaban J connectivity index is 1.83. The molecule has 0 spiro atoms. The van der Waals surface area contributed by atoms with Crippen LogP contribution in [0.4, 0.5) is 0 Å². The summed E-state index contributed by atoms with van der Waals surface area (Å²) in [6.45, 7) is 7.04. The maximum atomic E-state index is 4.36. The summed E-state index contributed by atoms with van der Waals surface area (Å²) in [4.78, 5) is 5.03. The van der Waals surface area contributed by atoms with Crippen molar-refractivity contribution in [1.82, 2.24) is 15.1 Å². The van der Waals surface area contributed by atoms with Gasteiger partial charge in [0.25, 0.3) is 0 Å². The van der Waals surface area contributed by atoms with Crippen molar-refractivity contribution in [2.45, 2.75) is 12.5 Å². The summed E-state index contributed by atoms with van der Waals surface area (Å²) in [7, 11) is 2.22. The maximum absolute atomic E-state index is 4.36. The first-order valence-corrected chi connectivity index (χ1v) is 4.92. The minimum atomic E-state index is 0.825. The van der Waals surface area contributed by atoms with Crippen molar-refractivity contribution in [2.24, 2.45) is 0 Å². The van der Waals surface area contributed by atoms with Crippen LogP contribution in [0, 0.1) is 0 Å². The van der Waals surface area contributed by atoms with Crippen LogP contribution < -0.4 is 5.32 Å². The van der Waals surface area contributed by atoms with Crippen LogP contribution in [-0.2, 0) is 0 Å². The van der Waals surface area contributed by atoms with Gasteiger partial charge in [0.1, 0.15) is 0 Å². The van der Waals surface area contributed by atoms with Gasteiger partial charge in [0.2, 0.25) is 0 Å². The van der Waals surface area contributed by atoms with E-state index in [1.165, 1.54) is 32.6 Å². The molecule has 0 aliphatic carbocycles. The van der Waals surface area contributed by atoms with Crippen molar-refractivity contribution in [1.29, 1.82) is 0 Å². The lowest BCUT2D eigenvalue weighted by Gasteiger charge is -2.31. The van der Waals surface area contributed by atoms with Gasteiger partial charge in [-0.15, -0.1) is 0 Å². The molecule has 69 valence electrons. The minimum Gasteiger partial charge on any atom is -0.305 e. The van der Waals surface area contributed by atoms with Crippen LogP contribution >= 0.6 is 0 Å². The van der Waals surface area contributed by atoms with Crippen molar-refractivity contribution < 1.29 is 0 Å². The van der Waals surface area contributed by atoms with Crippen LogP contribution in [0.5, 0.6) is 0 Å². The van der Waals surface area contributed by atoms with Crippen LogP contribution in [0.25, 0.3) is 0 Å². The highest BCUT2D eigenvalue weighted by Crippen LogP contribution is 2.14. The number of likely N-dealkylation sites (tertiary alicyclic amines) is 1. The quantitative estimate of drug-likeness (QED) is 0.531. The molecular formula is C9H18N3. The Morgan fingerprint density at radius 2 is 1.92 bits per heavy atom. The number of nitrogens with zero attached hydrogens (tertiary/aromatic N) is 3. The molecule has 1 unspecified atom stereocenters. The summed E-state index contributed by atoms with van der Waals surface area (Å²) in [5.41, 5.74) is 0. The van der Waals surface area contributed by atoms with Gasteiger partial charge in [0.15, 0.2) is 0 Å². The Morgan fingerprint density at radius 1 is 1.17 bits per heavy atom. The van der Waals surface area contributed by atoms with E-state index in [1.807, 2.05) is 0 Å².